The first-order chi connectivity index (χ1) is 4.18. The quantitative estimate of drug-likeness (QED) is 0.591. The third-order valence-corrected chi connectivity index (χ3v) is 1.25. The first kappa shape index (κ1) is 8.50. The summed E-state index contributed by atoms with van der Waals surface area (Å²) >= 11 is 0. The van der Waals surface area contributed by atoms with E-state index in [-0.39, 0.29) is 6.04 Å². The molecule has 1 atom stereocenters. The Balaban J connectivity index is 3.55. The Kier molecular flexibility index (Phi) is 4.14. The zero-order valence-electron chi connectivity index (χ0n) is 6.44. The van der Waals surface area contributed by atoms with Gasteiger partial charge < -0.3 is 11.1 Å². The zero-order valence-corrected chi connectivity index (χ0v) is 6.44. The van der Waals surface area contributed by atoms with Crippen LogP contribution in [0, 0.1) is 0 Å². The van der Waals surface area contributed by atoms with Crippen molar-refractivity contribution in [1.29, 1.82) is 0 Å². The van der Waals surface area contributed by atoms with Gasteiger partial charge in [0.25, 0.3) is 0 Å². The van der Waals surface area contributed by atoms with Crippen molar-refractivity contribution in [3.8, 4) is 0 Å². The first-order valence-corrected chi connectivity index (χ1v) is 3.34. The van der Waals surface area contributed by atoms with Gasteiger partial charge in [-0.1, -0.05) is 0 Å². The van der Waals surface area contributed by atoms with Gasteiger partial charge in [0.15, 0.2) is 0 Å². The summed E-state index contributed by atoms with van der Waals surface area (Å²) in [7, 11) is 0. The highest BCUT2D eigenvalue weighted by Crippen LogP contribution is 1.93. The van der Waals surface area contributed by atoms with Gasteiger partial charge in [-0.15, -0.1) is 0 Å². The van der Waals surface area contributed by atoms with Crippen LogP contribution in [0.3, 0.4) is 0 Å². The Morgan fingerprint density at radius 1 is 1.78 bits per heavy atom. The van der Waals surface area contributed by atoms with Crippen molar-refractivity contribution in [1.82, 2.24) is 5.32 Å². The van der Waals surface area contributed by atoms with Crippen LogP contribution < -0.4 is 11.1 Å². The number of rotatable bonds is 3. The minimum Gasteiger partial charge on any atom is -0.391 e. The maximum Gasteiger partial charge on any atom is 0.0239 e. The molecule has 0 aromatic rings. The van der Waals surface area contributed by atoms with E-state index in [1.54, 1.807) is 0 Å². The smallest absolute Gasteiger partial charge is 0.0239 e. The fourth-order valence-corrected chi connectivity index (χ4v) is 0.394. The molecular formula is C7H16N2. The second kappa shape index (κ2) is 4.39. The number of hydrogen-bond donors (Lipinski definition) is 2. The highest BCUT2D eigenvalue weighted by Gasteiger charge is 1.92. The average molecular weight is 128 g/mol. The van der Waals surface area contributed by atoms with Crippen LogP contribution in [0.15, 0.2) is 11.8 Å². The molecule has 0 heterocycles. The number of nitrogens with two attached hydrogens (primary N) is 1. The van der Waals surface area contributed by atoms with Gasteiger partial charge in [-0.05, 0) is 32.5 Å². The van der Waals surface area contributed by atoms with E-state index in [2.05, 4.69) is 12.2 Å². The lowest BCUT2D eigenvalue weighted by Crippen LogP contribution is -2.18. The Morgan fingerprint density at radius 2 is 2.33 bits per heavy atom. The largest absolute Gasteiger partial charge is 0.391 e. The molecule has 3 N–H and O–H groups in total. The fourth-order valence-electron chi connectivity index (χ4n) is 0.394. The van der Waals surface area contributed by atoms with Crippen LogP contribution in [0.25, 0.3) is 0 Å². The monoisotopic (exact) mass is 128 g/mol. The van der Waals surface area contributed by atoms with Crippen LogP contribution in [0.1, 0.15) is 20.8 Å². The summed E-state index contributed by atoms with van der Waals surface area (Å²) in [4.78, 5) is 0. The molecule has 0 fully saturated rings. The first-order valence-electron chi connectivity index (χ1n) is 3.34. The second-order valence-electron chi connectivity index (χ2n) is 2.23. The maximum absolute atomic E-state index is 5.57. The summed E-state index contributed by atoms with van der Waals surface area (Å²) in [6.45, 7) is 7.02. The van der Waals surface area contributed by atoms with Gasteiger partial charge in [0.05, 0.1) is 0 Å². The van der Waals surface area contributed by atoms with Crippen molar-refractivity contribution >= 4 is 0 Å². The molecule has 0 aliphatic rings. The highest BCUT2D eigenvalue weighted by atomic mass is 14.8. The molecule has 0 spiro atoms. The van der Waals surface area contributed by atoms with Crippen molar-refractivity contribution in [3.63, 3.8) is 0 Å². The molecular weight excluding hydrogens is 112 g/mol. The van der Waals surface area contributed by atoms with E-state index in [0.717, 1.165) is 6.54 Å². The SMILES string of the molecule is CCN/C=C(\C)C(C)N. The summed E-state index contributed by atoms with van der Waals surface area (Å²) in [5, 5.41) is 3.09. The van der Waals surface area contributed by atoms with Crippen molar-refractivity contribution < 1.29 is 0 Å². The minimum atomic E-state index is 0.170. The van der Waals surface area contributed by atoms with Gasteiger partial charge in [0.2, 0.25) is 0 Å². The highest BCUT2D eigenvalue weighted by molar-refractivity contribution is 5.03. The summed E-state index contributed by atoms with van der Waals surface area (Å²) in [5.41, 5.74) is 6.76. The van der Waals surface area contributed by atoms with Gasteiger partial charge >= 0.3 is 0 Å². The molecule has 0 aliphatic heterocycles. The topological polar surface area (TPSA) is 38.0 Å². The molecule has 0 aliphatic carbocycles. The molecule has 54 valence electrons. The van der Waals surface area contributed by atoms with E-state index < -0.39 is 0 Å². The summed E-state index contributed by atoms with van der Waals surface area (Å²) in [6.07, 6.45) is 1.96. The lowest BCUT2D eigenvalue weighted by Gasteiger charge is -2.04. The standard InChI is InChI=1S/C7H16N2/c1-4-9-5-6(2)7(3)8/h5,7,9H,4,8H2,1-3H3/b6-5+. The number of nitrogens with one attached hydrogen (secondary N) is 1. The summed E-state index contributed by atoms with van der Waals surface area (Å²) in [6, 6.07) is 0.170. The fraction of sp³-hybridized carbons (Fsp3) is 0.714. The van der Waals surface area contributed by atoms with Gasteiger partial charge in [-0.25, -0.2) is 0 Å². The Hall–Kier alpha value is -0.500. The Bertz CT molecular complexity index is 95.1. The van der Waals surface area contributed by atoms with E-state index >= 15 is 0 Å². The summed E-state index contributed by atoms with van der Waals surface area (Å²) < 4.78 is 0. The van der Waals surface area contributed by atoms with Crippen LogP contribution in [-0.2, 0) is 0 Å². The van der Waals surface area contributed by atoms with Crippen molar-refractivity contribution in [2.45, 2.75) is 26.8 Å². The van der Waals surface area contributed by atoms with Crippen LogP contribution in [0.2, 0.25) is 0 Å². The van der Waals surface area contributed by atoms with Crippen molar-refractivity contribution in [2.24, 2.45) is 5.73 Å². The molecule has 9 heavy (non-hydrogen) atoms. The third kappa shape index (κ3) is 4.03. The molecule has 0 saturated carbocycles. The predicted octanol–water partition coefficient (Wildman–Crippen LogP) is 0.847. The van der Waals surface area contributed by atoms with Crippen molar-refractivity contribution in [3.05, 3.63) is 11.8 Å². The average Bonchev–Trinajstić information content (AvgIpc) is 1.82. The third-order valence-electron chi connectivity index (χ3n) is 1.25. The van der Waals surface area contributed by atoms with E-state index in [1.165, 1.54) is 5.57 Å². The van der Waals surface area contributed by atoms with Crippen LogP contribution in [0.4, 0.5) is 0 Å². The van der Waals surface area contributed by atoms with E-state index in [4.69, 9.17) is 5.73 Å². The van der Waals surface area contributed by atoms with Gasteiger partial charge in [-0.3, -0.25) is 0 Å². The van der Waals surface area contributed by atoms with E-state index in [9.17, 15) is 0 Å². The van der Waals surface area contributed by atoms with Crippen LogP contribution >= 0.6 is 0 Å². The maximum atomic E-state index is 5.57. The van der Waals surface area contributed by atoms with Crippen molar-refractivity contribution in [2.75, 3.05) is 6.54 Å². The molecule has 0 aromatic heterocycles. The molecule has 0 aromatic carbocycles. The van der Waals surface area contributed by atoms with Gasteiger partial charge in [0.1, 0.15) is 0 Å². The molecule has 0 rings (SSSR count). The molecule has 2 heteroatoms. The molecule has 0 radical (unpaired) electrons. The lowest BCUT2D eigenvalue weighted by molar-refractivity contribution is 0.823. The molecule has 2 nitrogen and oxygen atoms in total. The molecule has 0 bridgehead atoms. The van der Waals surface area contributed by atoms with Crippen LogP contribution in [0.5, 0.6) is 0 Å². The van der Waals surface area contributed by atoms with E-state index in [0.29, 0.717) is 0 Å². The van der Waals surface area contributed by atoms with E-state index in [1.807, 2.05) is 20.0 Å². The number of hydrogen-bond acceptors (Lipinski definition) is 2. The normalized spacial score (nSPS) is 15.3. The second-order valence-corrected chi connectivity index (χ2v) is 2.23. The summed E-state index contributed by atoms with van der Waals surface area (Å²) in [5.74, 6) is 0. The Morgan fingerprint density at radius 3 is 2.67 bits per heavy atom. The minimum absolute atomic E-state index is 0.170. The zero-order chi connectivity index (χ0) is 7.28. The molecule has 0 saturated heterocycles. The lowest BCUT2D eigenvalue weighted by atomic mass is 10.2. The predicted molar refractivity (Wildman–Crippen MR) is 41.1 cm³/mol. The molecule has 0 amide bonds. The van der Waals surface area contributed by atoms with Crippen LogP contribution in [-0.4, -0.2) is 12.6 Å². The Labute approximate surface area is 57.1 Å². The van der Waals surface area contributed by atoms with Gasteiger partial charge in [0, 0.05) is 12.6 Å². The van der Waals surface area contributed by atoms with Gasteiger partial charge in [-0.2, -0.15) is 0 Å². The molecule has 1 unspecified atom stereocenters.